The Bertz CT molecular complexity index is 1270. The summed E-state index contributed by atoms with van der Waals surface area (Å²) < 4.78 is 16.2. The van der Waals surface area contributed by atoms with E-state index >= 15 is 0 Å². The van der Waals surface area contributed by atoms with Crippen molar-refractivity contribution in [2.45, 2.75) is 6.42 Å². The lowest BCUT2D eigenvalue weighted by molar-refractivity contribution is -0.136. The molecule has 0 aliphatic carbocycles. The minimum Gasteiger partial charge on any atom is -0.493 e. The molecule has 3 aromatic heterocycles. The quantitative estimate of drug-likeness (QED) is 0.289. The molecule has 4 rings (SSSR count). The van der Waals surface area contributed by atoms with E-state index < -0.39 is 5.97 Å². The van der Waals surface area contributed by atoms with Gasteiger partial charge < -0.3 is 30.4 Å². The van der Waals surface area contributed by atoms with E-state index in [0.29, 0.717) is 33.9 Å². The summed E-state index contributed by atoms with van der Waals surface area (Å²) in [6.07, 6.45) is -0.000581. The Hall–Kier alpha value is -3.35. The fraction of sp³-hybridized carbons (Fsp3) is 0.190. The Labute approximate surface area is 201 Å². The first-order valence-corrected chi connectivity index (χ1v) is 12.0. The van der Waals surface area contributed by atoms with Crippen LogP contribution in [0.15, 0.2) is 29.6 Å². The normalized spacial score (nSPS) is 10.8. The Morgan fingerprint density at radius 3 is 2.45 bits per heavy atom. The fourth-order valence-electron chi connectivity index (χ4n) is 3.07. The smallest absolute Gasteiger partial charge is 0.308 e. The van der Waals surface area contributed by atoms with Crippen LogP contribution >= 0.6 is 34.0 Å². The van der Waals surface area contributed by atoms with E-state index in [1.54, 1.807) is 33.5 Å². The van der Waals surface area contributed by atoms with Crippen LogP contribution in [0, 0.1) is 0 Å². The van der Waals surface area contributed by atoms with Gasteiger partial charge in [0, 0.05) is 28.1 Å². The molecule has 0 bridgehead atoms. The van der Waals surface area contributed by atoms with Gasteiger partial charge >= 0.3 is 5.97 Å². The van der Waals surface area contributed by atoms with Crippen LogP contribution in [-0.2, 0) is 11.2 Å². The molecule has 0 saturated heterocycles. The van der Waals surface area contributed by atoms with Crippen molar-refractivity contribution in [1.29, 1.82) is 0 Å². The van der Waals surface area contributed by atoms with Crippen LogP contribution in [0.1, 0.15) is 4.88 Å². The maximum atomic E-state index is 10.9. The lowest BCUT2D eigenvalue weighted by Crippen LogP contribution is -1.97. The van der Waals surface area contributed by atoms with E-state index in [2.05, 4.69) is 15.3 Å². The predicted octanol–water partition coefficient (Wildman–Crippen LogP) is 4.97. The number of benzene rings is 1. The number of methoxy groups -OCH3 is 3. The molecule has 0 radical (unpaired) electrons. The van der Waals surface area contributed by atoms with Crippen molar-refractivity contribution in [3.63, 3.8) is 0 Å². The predicted molar refractivity (Wildman–Crippen MR) is 132 cm³/mol. The molecule has 4 aromatic rings. The second kappa shape index (κ2) is 9.65. The molecule has 4 N–H and O–H groups in total. The van der Waals surface area contributed by atoms with Crippen LogP contribution in [0.2, 0.25) is 0 Å². The molecular formula is C21H20N4O5S3. The minimum absolute atomic E-state index is 0.000581. The summed E-state index contributed by atoms with van der Waals surface area (Å²) in [7, 11) is 4.66. The van der Waals surface area contributed by atoms with Gasteiger partial charge in [-0.25, -0.2) is 9.97 Å². The van der Waals surface area contributed by atoms with Crippen molar-refractivity contribution in [3.05, 3.63) is 34.5 Å². The Kier molecular flexibility index (Phi) is 6.67. The van der Waals surface area contributed by atoms with Gasteiger partial charge in [-0.15, -0.1) is 22.7 Å². The number of rotatable bonds is 9. The van der Waals surface area contributed by atoms with Gasteiger partial charge in [0.15, 0.2) is 16.6 Å². The van der Waals surface area contributed by atoms with E-state index in [1.807, 2.05) is 17.5 Å². The number of nitrogens with one attached hydrogen (secondary N) is 1. The molecule has 0 aliphatic heterocycles. The number of nitrogen functional groups attached to an aromatic ring is 1. The third-order valence-corrected chi connectivity index (χ3v) is 7.60. The highest BCUT2D eigenvalue weighted by Crippen LogP contribution is 2.43. The third kappa shape index (κ3) is 4.87. The molecule has 0 aliphatic rings. The van der Waals surface area contributed by atoms with Crippen molar-refractivity contribution in [1.82, 2.24) is 9.97 Å². The van der Waals surface area contributed by atoms with E-state index in [0.717, 1.165) is 25.3 Å². The summed E-state index contributed by atoms with van der Waals surface area (Å²) in [6, 6.07) is 7.26. The number of carboxylic acids is 1. The summed E-state index contributed by atoms with van der Waals surface area (Å²) in [5.74, 6) is 1.06. The zero-order valence-electron chi connectivity index (χ0n) is 17.9. The first kappa shape index (κ1) is 22.8. The molecule has 0 amide bonds. The van der Waals surface area contributed by atoms with Crippen molar-refractivity contribution in [2.24, 2.45) is 0 Å². The maximum absolute atomic E-state index is 10.9. The second-order valence-corrected chi connectivity index (χ2v) is 9.67. The maximum Gasteiger partial charge on any atom is 0.308 e. The molecular weight excluding hydrogens is 484 g/mol. The average molecular weight is 505 g/mol. The number of aliphatic carboxylic acids is 1. The SMILES string of the molecule is COc1cc(Nc2nc(N)c(-c3nc(-c4ccc(CC(=O)O)s4)cs3)s2)cc(OC)c1OC. The largest absolute Gasteiger partial charge is 0.493 e. The number of carbonyl (C=O) groups is 1. The average Bonchev–Trinajstić information content (AvgIpc) is 3.52. The van der Waals surface area contributed by atoms with Crippen LogP contribution in [0.3, 0.4) is 0 Å². The van der Waals surface area contributed by atoms with Gasteiger partial charge in [0.2, 0.25) is 5.75 Å². The highest BCUT2D eigenvalue weighted by Gasteiger charge is 2.18. The summed E-state index contributed by atoms with van der Waals surface area (Å²) >= 11 is 4.25. The van der Waals surface area contributed by atoms with Crippen LogP contribution in [0.25, 0.3) is 20.5 Å². The number of ether oxygens (including phenoxy) is 3. The van der Waals surface area contributed by atoms with E-state index in [4.69, 9.17) is 25.1 Å². The molecule has 33 heavy (non-hydrogen) atoms. The summed E-state index contributed by atoms with van der Waals surface area (Å²) in [5, 5.41) is 15.5. The van der Waals surface area contributed by atoms with Gasteiger partial charge in [-0.05, 0) is 12.1 Å². The van der Waals surface area contributed by atoms with Crippen LogP contribution < -0.4 is 25.3 Å². The Morgan fingerprint density at radius 2 is 1.82 bits per heavy atom. The fourth-order valence-corrected chi connectivity index (χ4v) is 5.92. The number of hydrogen-bond acceptors (Lipinski definition) is 11. The molecule has 0 fully saturated rings. The number of nitrogens with zero attached hydrogens (tertiary/aromatic N) is 2. The minimum atomic E-state index is -0.855. The molecule has 0 saturated carbocycles. The summed E-state index contributed by atoms with van der Waals surface area (Å²) in [5.41, 5.74) is 7.67. The number of nitrogens with two attached hydrogens (primary N) is 1. The van der Waals surface area contributed by atoms with E-state index in [1.165, 1.54) is 34.0 Å². The Balaban J connectivity index is 1.57. The molecule has 1 aromatic carbocycles. The van der Waals surface area contributed by atoms with Crippen LogP contribution in [-0.4, -0.2) is 42.4 Å². The standard InChI is InChI=1S/C21H20N4O5S3/c1-28-13-6-10(7-14(29-2)17(13)30-3)23-21-25-19(22)18(33-21)20-24-12(9-31-20)15-5-4-11(32-15)8-16(26)27/h4-7,9H,8,22H2,1-3H3,(H,23,25)(H,26,27). The number of carboxylic acid groups (broad SMARTS) is 1. The van der Waals surface area contributed by atoms with Crippen molar-refractivity contribution in [3.8, 4) is 37.7 Å². The van der Waals surface area contributed by atoms with Crippen molar-refractivity contribution < 1.29 is 24.1 Å². The third-order valence-electron chi connectivity index (χ3n) is 4.51. The topological polar surface area (TPSA) is 129 Å². The zero-order chi connectivity index (χ0) is 23.5. The lowest BCUT2D eigenvalue weighted by Gasteiger charge is -2.14. The molecule has 9 nitrogen and oxygen atoms in total. The zero-order valence-corrected chi connectivity index (χ0v) is 20.3. The van der Waals surface area contributed by atoms with Gasteiger partial charge in [0.05, 0.1) is 38.3 Å². The Morgan fingerprint density at radius 1 is 1.09 bits per heavy atom. The lowest BCUT2D eigenvalue weighted by atomic mass is 10.2. The van der Waals surface area contributed by atoms with E-state index in [9.17, 15) is 4.79 Å². The van der Waals surface area contributed by atoms with Gasteiger partial charge in [-0.2, -0.15) is 0 Å². The van der Waals surface area contributed by atoms with Crippen molar-refractivity contribution >= 4 is 56.6 Å². The monoisotopic (exact) mass is 504 g/mol. The highest BCUT2D eigenvalue weighted by atomic mass is 32.1. The highest BCUT2D eigenvalue weighted by molar-refractivity contribution is 7.24. The summed E-state index contributed by atoms with van der Waals surface area (Å²) in [6.45, 7) is 0. The molecule has 12 heteroatoms. The number of aromatic nitrogens is 2. The molecule has 0 atom stereocenters. The summed E-state index contributed by atoms with van der Waals surface area (Å²) in [4.78, 5) is 22.5. The van der Waals surface area contributed by atoms with Crippen molar-refractivity contribution in [2.75, 3.05) is 32.4 Å². The van der Waals surface area contributed by atoms with Gasteiger partial charge in [-0.1, -0.05) is 11.3 Å². The van der Waals surface area contributed by atoms with E-state index in [-0.39, 0.29) is 6.42 Å². The number of thiazole rings is 2. The molecule has 3 heterocycles. The van der Waals surface area contributed by atoms with Crippen LogP contribution in [0.4, 0.5) is 16.6 Å². The van der Waals surface area contributed by atoms with Gasteiger partial charge in [0.25, 0.3) is 0 Å². The first-order valence-electron chi connectivity index (χ1n) is 9.52. The number of hydrogen-bond donors (Lipinski definition) is 3. The van der Waals surface area contributed by atoms with Gasteiger partial charge in [0.1, 0.15) is 15.7 Å². The second-order valence-electron chi connectivity index (χ2n) is 6.65. The molecule has 0 spiro atoms. The number of thiophene rings is 1. The van der Waals surface area contributed by atoms with Crippen LogP contribution in [0.5, 0.6) is 17.2 Å². The number of anilines is 3. The van der Waals surface area contributed by atoms with Gasteiger partial charge in [-0.3, -0.25) is 4.79 Å². The molecule has 172 valence electrons. The first-order chi connectivity index (χ1) is 15.9. The molecule has 0 unspecified atom stereocenters.